The highest BCUT2D eigenvalue weighted by Gasteiger charge is 2.44. The number of rotatable bonds is 5. The fraction of sp³-hybridized carbons (Fsp3) is 0.250. The van der Waals surface area contributed by atoms with Crippen LogP contribution in [0.25, 0.3) is 0 Å². The minimum Gasteiger partial charge on any atom is -0.292 e. The number of anilines is 1. The zero-order chi connectivity index (χ0) is 18.8. The summed E-state index contributed by atoms with van der Waals surface area (Å²) in [7, 11) is 0. The summed E-state index contributed by atoms with van der Waals surface area (Å²) >= 11 is 5.88. The number of hydrogen-bond donors (Lipinski definition) is 0. The van der Waals surface area contributed by atoms with Crippen molar-refractivity contribution in [3.05, 3.63) is 64.7 Å². The number of urea groups is 1. The summed E-state index contributed by atoms with van der Waals surface area (Å²) in [6, 6.07) is 12.7. The normalized spacial score (nSPS) is 17.1. The Morgan fingerprint density at radius 3 is 2.23 bits per heavy atom. The molecule has 0 unspecified atom stereocenters. The summed E-state index contributed by atoms with van der Waals surface area (Å²) in [5.74, 6) is -0.650. The van der Waals surface area contributed by atoms with Crippen LogP contribution in [0.4, 0.5) is 10.5 Å². The van der Waals surface area contributed by atoms with E-state index < -0.39 is 12.1 Å². The first-order chi connectivity index (χ1) is 12.4. The van der Waals surface area contributed by atoms with Crippen molar-refractivity contribution in [2.45, 2.75) is 26.3 Å². The largest absolute Gasteiger partial charge is 0.332 e. The Hall–Kier alpha value is -2.66. The van der Waals surface area contributed by atoms with E-state index in [-0.39, 0.29) is 18.2 Å². The van der Waals surface area contributed by atoms with Gasteiger partial charge in [0.2, 0.25) is 0 Å². The number of carbonyl (C=O) groups excluding carboxylic acids is 3. The molecule has 0 N–H and O–H groups in total. The first-order valence-electron chi connectivity index (χ1n) is 8.44. The number of halogens is 1. The molecule has 26 heavy (non-hydrogen) atoms. The van der Waals surface area contributed by atoms with Gasteiger partial charge in [0.1, 0.15) is 6.04 Å². The maximum absolute atomic E-state index is 12.7. The number of carbonyl (C=O) groups is 3. The Bertz CT molecular complexity index is 846. The second-order valence-corrected chi connectivity index (χ2v) is 6.64. The first kappa shape index (κ1) is 18.1. The van der Waals surface area contributed by atoms with Crippen LogP contribution in [0.1, 0.15) is 29.8 Å². The van der Waals surface area contributed by atoms with Crippen LogP contribution in [0, 0.1) is 0 Å². The second-order valence-electron chi connectivity index (χ2n) is 6.20. The number of benzene rings is 2. The third-order valence-electron chi connectivity index (χ3n) is 4.54. The maximum Gasteiger partial charge on any atom is 0.332 e. The molecule has 3 rings (SSSR count). The molecule has 0 aliphatic carbocycles. The van der Waals surface area contributed by atoms with Crippen LogP contribution in [0.5, 0.6) is 0 Å². The van der Waals surface area contributed by atoms with E-state index in [1.165, 1.54) is 4.90 Å². The Kier molecular flexibility index (Phi) is 5.09. The molecule has 0 aromatic heterocycles. The minimum atomic E-state index is -0.668. The fourth-order valence-electron chi connectivity index (χ4n) is 2.97. The van der Waals surface area contributed by atoms with E-state index in [1.807, 2.05) is 19.1 Å². The summed E-state index contributed by atoms with van der Waals surface area (Å²) in [5.41, 5.74) is 2.18. The smallest absolute Gasteiger partial charge is 0.292 e. The third-order valence-corrected chi connectivity index (χ3v) is 4.79. The molecule has 1 aliphatic heterocycles. The number of Topliss-reactive ketones (excluding diaryl/α,β-unsaturated/α-hetero) is 1. The van der Waals surface area contributed by atoms with Gasteiger partial charge in [0.05, 0.1) is 6.54 Å². The first-order valence-corrected chi connectivity index (χ1v) is 8.82. The van der Waals surface area contributed by atoms with E-state index in [1.54, 1.807) is 43.3 Å². The van der Waals surface area contributed by atoms with E-state index in [9.17, 15) is 14.4 Å². The number of nitrogens with zero attached hydrogens (tertiary/aromatic N) is 2. The standard InChI is InChI=1S/C20H19ClN2O3/c1-3-14-4-6-15(7-5-14)18(24)12-22-19(25)13(2)23(20(22)26)17-10-8-16(21)9-11-17/h4-11,13H,3,12H2,1-2H3/t13-/m0/s1. The number of amides is 3. The van der Waals surface area contributed by atoms with Crippen molar-refractivity contribution in [2.24, 2.45) is 0 Å². The van der Waals surface area contributed by atoms with Crippen LogP contribution in [0.15, 0.2) is 48.5 Å². The van der Waals surface area contributed by atoms with Gasteiger partial charge in [0, 0.05) is 16.3 Å². The highest BCUT2D eigenvalue weighted by molar-refractivity contribution is 6.30. The lowest BCUT2D eigenvalue weighted by Gasteiger charge is -2.19. The van der Waals surface area contributed by atoms with E-state index in [0.29, 0.717) is 16.3 Å². The Balaban J connectivity index is 1.79. The molecule has 1 fully saturated rings. The molecule has 3 amide bonds. The molecular weight excluding hydrogens is 352 g/mol. The molecular formula is C20H19ClN2O3. The Morgan fingerprint density at radius 2 is 1.65 bits per heavy atom. The molecule has 1 saturated heterocycles. The summed E-state index contributed by atoms with van der Waals surface area (Å²) < 4.78 is 0. The van der Waals surface area contributed by atoms with Crippen molar-refractivity contribution in [3.8, 4) is 0 Å². The Labute approximate surface area is 157 Å². The third kappa shape index (κ3) is 3.35. The van der Waals surface area contributed by atoms with Gasteiger partial charge in [-0.05, 0) is 43.2 Å². The van der Waals surface area contributed by atoms with Crippen molar-refractivity contribution < 1.29 is 14.4 Å². The average Bonchev–Trinajstić information content (AvgIpc) is 2.86. The monoisotopic (exact) mass is 370 g/mol. The number of aryl methyl sites for hydroxylation is 1. The lowest BCUT2D eigenvalue weighted by atomic mass is 10.1. The van der Waals surface area contributed by atoms with Gasteiger partial charge in [-0.2, -0.15) is 0 Å². The quantitative estimate of drug-likeness (QED) is 0.591. The van der Waals surface area contributed by atoms with Gasteiger partial charge in [-0.3, -0.25) is 19.4 Å². The van der Waals surface area contributed by atoms with Crippen molar-refractivity contribution >= 4 is 35.0 Å². The number of hydrogen-bond acceptors (Lipinski definition) is 3. The number of imide groups is 1. The molecule has 1 atom stereocenters. The summed E-state index contributed by atoms with van der Waals surface area (Å²) in [6.07, 6.45) is 0.880. The van der Waals surface area contributed by atoms with E-state index >= 15 is 0 Å². The summed E-state index contributed by atoms with van der Waals surface area (Å²) in [6.45, 7) is 3.41. The van der Waals surface area contributed by atoms with Gasteiger partial charge in [-0.1, -0.05) is 42.8 Å². The van der Waals surface area contributed by atoms with Crippen LogP contribution in [-0.2, 0) is 11.2 Å². The van der Waals surface area contributed by atoms with Crippen LogP contribution in [0.2, 0.25) is 5.02 Å². The van der Waals surface area contributed by atoms with Gasteiger partial charge < -0.3 is 0 Å². The van der Waals surface area contributed by atoms with Gasteiger partial charge >= 0.3 is 6.03 Å². The van der Waals surface area contributed by atoms with E-state index in [4.69, 9.17) is 11.6 Å². The molecule has 0 bridgehead atoms. The van der Waals surface area contributed by atoms with Gasteiger partial charge in [-0.25, -0.2) is 4.79 Å². The molecule has 5 nitrogen and oxygen atoms in total. The average molecular weight is 371 g/mol. The van der Waals surface area contributed by atoms with Crippen molar-refractivity contribution in [1.29, 1.82) is 0 Å². The van der Waals surface area contributed by atoms with Crippen molar-refractivity contribution in [2.75, 3.05) is 11.4 Å². The molecule has 0 radical (unpaired) electrons. The number of ketones is 1. The highest BCUT2D eigenvalue weighted by Crippen LogP contribution is 2.27. The summed E-state index contributed by atoms with van der Waals surface area (Å²) in [5, 5.41) is 0.543. The summed E-state index contributed by atoms with van der Waals surface area (Å²) in [4.78, 5) is 40.1. The predicted octanol–water partition coefficient (Wildman–Crippen LogP) is 3.94. The molecule has 6 heteroatoms. The molecule has 2 aromatic carbocycles. The van der Waals surface area contributed by atoms with E-state index in [0.717, 1.165) is 16.9 Å². The molecule has 134 valence electrons. The van der Waals surface area contributed by atoms with Crippen LogP contribution in [0.3, 0.4) is 0 Å². The van der Waals surface area contributed by atoms with Gasteiger partial charge in [0.25, 0.3) is 5.91 Å². The zero-order valence-corrected chi connectivity index (χ0v) is 15.4. The topological polar surface area (TPSA) is 57.7 Å². The predicted molar refractivity (Wildman–Crippen MR) is 101 cm³/mol. The Morgan fingerprint density at radius 1 is 1.04 bits per heavy atom. The molecule has 1 heterocycles. The van der Waals surface area contributed by atoms with E-state index in [2.05, 4.69) is 0 Å². The van der Waals surface area contributed by atoms with Gasteiger partial charge in [0.15, 0.2) is 5.78 Å². The molecule has 0 saturated carbocycles. The molecule has 2 aromatic rings. The molecule has 0 spiro atoms. The SMILES string of the molecule is CCc1ccc(C(=O)CN2C(=O)[C@H](C)N(c3ccc(Cl)cc3)C2=O)cc1. The second kappa shape index (κ2) is 7.30. The van der Waals surface area contributed by atoms with Crippen molar-refractivity contribution in [1.82, 2.24) is 4.90 Å². The van der Waals surface area contributed by atoms with Crippen LogP contribution in [-0.4, -0.2) is 35.2 Å². The lowest BCUT2D eigenvalue weighted by molar-refractivity contribution is -0.126. The van der Waals surface area contributed by atoms with Crippen LogP contribution >= 0.6 is 11.6 Å². The highest BCUT2D eigenvalue weighted by atomic mass is 35.5. The fourth-order valence-corrected chi connectivity index (χ4v) is 3.09. The lowest BCUT2D eigenvalue weighted by Crippen LogP contribution is -2.37. The maximum atomic E-state index is 12.7. The van der Waals surface area contributed by atoms with Crippen molar-refractivity contribution in [3.63, 3.8) is 0 Å². The van der Waals surface area contributed by atoms with Crippen LogP contribution < -0.4 is 4.90 Å². The zero-order valence-electron chi connectivity index (χ0n) is 14.6. The van der Waals surface area contributed by atoms with Gasteiger partial charge in [-0.15, -0.1) is 0 Å². The molecule has 1 aliphatic rings. The minimum absolute atomic E-state index is 0.264.